The SMILES string of the molecule is COc1ccccc1N1CCN(C(=Nc2cc(C)cc(C)c2)NC(=O)c2ccccc2)CC1. The second-order valence-corrected chi connectivity index (χ2v) is 8.25. The molecule has 0 aromatic heterocycles. The van der Waals surface area contributed by atoms with Crippen molar-refractivity contribution in [1.82, 2.24) is 10.2 Å². The predicted molar refractivity (Wildman–Crippen MR) is 134 cm³/mol. The van der Waals surface area contributed by atoms with Crippen molar-refractivity contribution >= 4 is 23.2 Å². The van der Waals surface area contributed by atoms with E-state index in [1.807, 2.05) is 60.7 Å². The van der Waals surface area contributed by atoms with E-state index in [0.717, 1.165) is 54.4 Å². The van der Waals surface area contributed by atoms with Crippen LogP contribution in [0.15, 0.2) is 77.8 Å². The molecule has 0 atom stereocenters. The van der Waals surface area contributed by atoms with Gasteiger partial charge in [-0.3, -0.25) is 10.1 Å². The highest BCUT2D eigenvalue weighted by Gasteiger charge is 2.23. The number of aryl methyl sites for hydroxylation is 2. The van der Waals surface area contributed by atoms with Gasteiger partial charge < -0.3 is 14.5 Å². The van der Waals surface area contributed by atoms with Gasteiger partial charge in [0.1, 0.15) is 5.75 Å². The highest BCUT2D eigenvalue weighted by Crippen LogP contribution is 2.28. The molecule has 3 aromatic carbocycles. The highest BCUT2D eigenvalue weighted by molar-refractivity contribution is 6.06. The van der Waals surface area contributed by atoms with E-state index in [1.54, 1.807) is 7.11 Å². The van der Waals surface area contributed by atoms with Crippen molar-refractivity contribution < 1.29 is 9.53 Å². The molecule has 170 valence electrons. The first kappa shape index (κ1) is 22.4. The summed E-state index contributed by atoms with van der Waals surface area (Å²) >= 11 is 0. The van der Waals surface area contributed by atoms with E-state index in [1.165, 1.54) is 0 Å². The smallest absolute Gasteiger partial charge is 0.257 e. The summed E-state index contributed by atoms with van der Waals surface area (Å²) in [5, 5.41) is 3.06. The number of nitrogens with one attached hydrogen (secondary N) is 1. The van der Waals surface area contributed by atoms with Crippen LogP contribution in [0.4, 0.5) is 11.4 Å². The van der Waals surface area contributed by atoms with E-state index in [0.29, 0.717) is 11.5 Å². The summed E-state index contributed by atoms with van der Waals surface area (Å²) in [5.41, 5.74) is 4.81. The molecular weight excluding hydrogens is 412 g/mol. The summed E-state index contributed by atoms with van der Waals surface area (Å²) in [6.07, 6.45) is 0. The number of anilines is 1. The average Bonchev–Trinajstić information content (AvgIpc) is 2.83. The van der Waals surface area contributed by atoms with E-state index in [9.17, 15) is 4.79 Å². The van der Waals surface area contributed by atoms with E-state index in [-0.39, 0.29) is 5.91 Å². The van der Waals surface area contributed by atoms with Crippen LogP contribution in [0.1, 0.15) is 21.5 Å². The van der Waals surface area contributed by atoms with Gasteiger partial charge in [-0.2, -0.15) is 0 Å². The molecule has 3 aromatic rings. The van der Waals surface area contributed by atoms with Crippen LogP contribution >= 0.6 is 0 Å². The van der Waals surface area contributed by atoms with Gasteiger partial charge in [0, 0.05) is 31.7 Å². The van der Waals surface area contributed by atoms with Crippen molar-refractivity contribution in [3.63, 3.8) is 0 Å². The Morgan fingerprint density at radius 1 is 0.879 bits per heavy atom. The van der Waals surface area contributed by atoms with Crippen LogP contribution in [0.25, 0.3) is 0 Å². The zero-order valence-corrected chi connectivity index (χ0v) is 19.4. The minimum absolute atomic E-state index is 0.161. The monoisotopic (exact) mass is 442 g/mol. The van der Waals surface area contributed by atoms with Crippen LogP contribution in [0.5, 0.6) is 5.75 Å². The average molecular weight is 443 g/mol. The van der Waals surface area contributed by atoms with Crippen LogP contribution in [-0.2, 0) is 0 Å². The maximum absolute atomic E-state index is 12.9. The standard InChI is InChI=1S/C27H30N4O2/c1-20-17-21(2)19-23(18-20)28-27(29-26(32)22-9-5-4-6-10-22)31-15-13-30(14-16-31)24-11-7-8-12-25(24)33-3/h4-12,17-19H,13-16H2,1-3H3,(H,28,29,32). The number of hydrogen-bond acceptors (Lipinski definition) is 4. The van der Waals surface area contributed by atoms with Crippen molar-refractivity contribution in [2.24, 2.45) is 4.99 Å². The maximum Gasteiger partial charge on any atom is 0.257 e. The molecule has 1 amide bonds. The number of guanidine groups is 1. The third-order valence-corrected chi connectivity index (χ3v) is 5.71. The minimum Gasteiger partial charge on any atom is -0.495 e. The lowest BCUT2D eigenvalue weighted by molar-refractivity contribution is 0.0972. The van der Waals surface area contributed by atoms with Crippen LogP contribution < -0.4 is 15.0 Å². The zero-order chi connectivity index (χ0) is 23.2. The Kier molecular flexibility index (Phi) is 6.93. The number of nitrogens with zero attached hydrogens (tertiary/aromatic N) is 3. The predicted octanol–water partition coefficient (Wildman–Crippen LogP) is 4.55. The number of hydrogen-bond donors (Lipinski definition) is 1. The first-order valence-electron chi connectivity index (χ1n) is 11.2. The molecular formula is C27H30N4O2. The summed E-state index contributed by atoms with van der Waals surface area (Å²) in [6, 6.07) is 23.5. The van der Waals surface area contributed by atoms with Gasteiger partial charge in [-0.1, -0.05) is 36.4 Å². The Morgan fingerprint density at radius 3 is 2.18 bits per heavy atom. The second kappa shape index (κ2) is 10.2. The fourth-order valence-corrected chi connectivity index (χ4v) is 4.13. The van der Waals surface area contributed by atoms with Crippen LogP contribution in [0.2, 0.25) is 0 Å². The van der Waals surface area contributed by atoms with E-state index >= 15 is 0 Å². The van der Waals surface area contributed by atoms with Crippen LogP contribution in [0.3, 0.4) is 0 Å². The molecule has 4 rings (SSSR count). The number of ether oxygens (including phenoxy) is 1. The molecule has 0 spiro atoms. The molecule has 0 radical (unpaired) electrons. The largest absolute Gasteiger partial charge is 0.495 e. The van der Waals surface area contributed by atoms with Gasteiger partial charge in [0.2, 0.25) is 5.96 Å². The number of methoxy groups -OCH3 is 1. The molecule has 0 saturated carbocycles. The first-order chi connectivity index (χ1) is 16.0. The third kappa shape index (κ3) is 5.52. The van der Waals surface area contributed by atoms with Crippen molar-refractivity contribution in [3.8, 4) is 5.75 Å². The van der Waals surface area contributed by atoms with Gasteiger partial charge in [0.15, 0.2) is 0 Å². The third-order valence-electron chi connectivity index (χ3n) is 5.71. The van der Waals surface area contributed by atoms with Gasteiger partial charge in [-0.25, -0.2) is 4.99 Å². The quantitative estimate of drug-likeness (QED) is 0.476. The number of carbonyl (C=O) groups is 1. The number of aliphatic imine (C=N–C) groups is 1. The zero-order valence-electron chi connectivity index (χ0n) is 19.4. The number of para-hydroxylation sites is 2. The van der Waals surface area contributed by atoms with Crippen molar-refractivity contribution in [2.45, 2.75) is 13.8 Å². The van der Waals surface area contributed by atoms with Crippen molar-refractivity contribution in [1.29, 1.82) is 0 Å². The summed E-state index contributed by atoms with van der Waals surface area (Å²) < 4.78 is 5.54. The number of amides is 1. The fraction of sp³-hybridized carbons (Fsp3) is 0.259. The van der Waals surface area contributed by atoms with Gasteiger partial charge in [0.05, 0.1) is 18.5 Å². The van der Waals surface area contributed by atoms with Gasteiger partial charge in [-0.05, 0) is 61.4 Å². The summed E-state index contributed by atoms with van der Waals surface area (Å²) in [5.74, 6) is 1.28. The van der Waals surface area contributed by atoms with Crippen molar-refractivity contribution in [2.75, 3.05) is 38.2 Å². The number of benzene rings is 3. The Bertz CT molecular complexity index is 1120. The lowest BCUT2D eigenvalue weighted by atomic mass is 10.1. The lowest BCUT2D eigenvalue weighted by Gasteiger charge is -2.38. The molecule has 6 heteroatoms. The molecule has 1 fully saturated rings. The van der Waals surface area contributed by atoms with Crippen molar-refractivity contribution in [3.05, 3.63) is 89.5 Å². The van der Waals surface area contributed by atoms with E-state index < -0.39 is 0 Å². The molecule has 0 bridgehead atoms. The molecule has 6 nitrogen and oxygen atoms in total. The van der Waals surface area contributed by atoms with Gasteiger partial charge in [0.25, 0.3) is 5.91 Å². The Hall–Kier alpha value is -3.80. The molecule has 1 saturated heterocycles. The number of piperazine rings is 1. The van der Waals surface area contributed by atoms with E-state index in [4.69, 9.17) is 9.73 Å². The molecule has 1 aliphatic heterocycles. The summed E-state index contributed by atoms with van der Waals surface area (Å²) in [6.45, 7) is 7.18. The van der Waals surface area contributed by atoms with E-state index in [2.05, 4.69) is 41.1 Å². The first-order valence-corrected chi connectivity index (χ1v) is 11.2. The topological polar surface area (TPSA) is 57.2 Å². The molecule has 1 aliphatic rings. The normalized spacial score (nSPS) is 14.2. The van der Waals surface area contributed by atoms with Gasteiger partial charge >= 0.3 is 0 Å². The molecule has 0 aliphatic carbocycles. The molecule has 33 heavy (non-hydrogen) atoms. The molecule has 1 N–H and O–H groups in total. The summed E-state index contributed by atoms with van der Waals surface area (Å²) in [4.78, 5) is 22.3. The Morgan fingerprint density at radius 2 is 1.52 bits per heavy atom. The van der Waals surface area contributed by atoms with Gasteiger partial charge in [-0.15, -0.1) is 0 Å². The lowest BCUT2D eigenvalue weighted by Crippen LogP contribution is -2.53. The Balaban J connectivity index is 1.57. The molecule has 0 unspecified atom stereocenters. The minimum atomic E-state index is -0.161. The number of carbonyl (C=O) groups excluding carboxylic acids is 1. The van der Waals surface area contributed by atoms with Crippen LogP contribution in [0, 0.1) is 13.8 Å². The maximum atomic E-state index is 12.9. The Labute approximate surface area is 195 Å². The number of rotatable bonds is 4. The molecule has 1 heterocycles. The summed E-state index contributed by atoms with van der Waals surface area (Å²) in [7, 11) is 1.70. The fourth-order valence-electron chi connectivity index (χ4n) is 4.13. The second-order valence-electron chi connectivity index (χ2n) is 8.25. The highest BCUT2D eigenvalue weighted by atomic mass is 16.5. The van der Waals surface area contributed by atoms with Crippen LogP contribution in [-0.4, -0.2) is 50.1 Å².